The third-order valence-corrected chi connectivity index (χ3v) is 9.48. The maximum absolute atomic E-state index is 13.2. The second-order valence-corrected chi connectivity index (χ2v) is 12.4. The van der Waals surface area contributed by atoms with Crippen LogP contribution < -0.4 is 0 Å². The van der Waals surface area contributed by atoms with E-state index < -0.39 is 10.0 Å². The van der Waals surface area contributed by atoms with Crippen molar-refractivity contribution >= 4 is 49.2 Å². The minimum Gasteiger partial charge on any atom is -0.212 e. The molecule has 1 heterocycles. The summed E-state index contributed by atoms with van der Waals surface area (Å²) in [6, 6.07) is 9.18. The first-order chi connectivity index (χ1) is 13.6. The van der Waals surface area contributed by atoms with Crippen molar-refractivity contribution in [3.05, 3.63) is 67.1 Å². The Bertz CT molecular complexity index is 1070. The van der Waals surface area contributed by atoms with Crippen molar-refractivity contribution in [2.24, 2.45) is 0 Å². The van der Waals surface area contributed by atoms with Crippen molar-refractivity contribution in [2.45, 2.75) is 56.7 Å². The molecule has 0 spiro atoms. The molecule has 0 amide bonds. The van der Waals surface area contributed by atoms with Gasteiger partial charge < -0.3 is 0 Å². The van der Waals surface area contributed by atoms with Crippen LogP contribution in [0.2, 0.25) is 10.0 Å². The number of sulfonamides is 1. The fraction of sp³-hybridized carbons (Fsp3) is 0.455. The van der Waals surface area contributed by atoms with Gasteiger partial charge in [0.05, 0.1) is 15.8 Å². The Morgan fingerprint density at radius 2 is 1.90 bits per heavy atom. The number of hydrogen-bond donors (Lipinski definition) is 0. The summed E-state index contributed by atoms with van der Waals surface area (Å²) in [7, 11) is -3.48. The molecule has 156 valence electrons. The maximum Gasteiger partial charge on any atom is 0.218 e. The molecule has 0 aromatic heterocycles. The van der Waals surface area contributed by atoms with Crippen LogP contribution in [0.5, 0.6) is 0 Å². The van der Waals surface area contributed by atoms with Gasteiger partial charge >= 0.3 is 0 Å². The highest BCUT2D eigenvalue weighted by Crippen LogP contribution is 2.49. The van der Waals surface area contributed by atoms with Gasteiger partial charge in [0.15, 0.2) is 0 Å². The molecule has 1 atom stereocenters. The Labute approximate surface area is 191 Å². The van der Waals surface area contributed by atoms with Gasteiger partial charge in [-0.2, -0.15) is 4.31 Å². The van der Waals surface area contributed by atoms with Gasteiger partial charge in [-0.05, 0) is 71.0 Å². The summed E-state index contributed by atoms with van der Waals surface area (Å²) in [6.45, 7) is 5.53. The minimum atomic E-state index is -3.48. The molecule has 7 heteroatoms. The van der Waals surface area contributed by atoms with Crippen LogP contribution in [0.25, 0.3) is 0 Å². The summed E-state index contributed by atoms with van der Waals surface area (Å²) >= 11 is 15.8. The fourth-order valence-corrected chi connectivity index (χ4v) is 7.46. The van der Waals surface area contributed by atoms with E-state index in [1.165, 1.54) is 11.1 Å². The average Bonchev–Trinajstić information content (AvgIpc) is 2.83. The number of benzene rings is 2. The fourth-order valence-electron chi connectivity index (χ4n) is 4.76. The molecule has 2 aromatic rings. The second-order valence-electron chi connectivity index (χ2n) is 8.74. The van der Waals surface area contributed by atoms with E-state index in [4.69, 9.17) is 23.2 Å². The molecule has 0 bridgehead atoms. The molecule has 1 aliphatic carbocycles. The van der Waals surface area contributed by atoms with Crippen LogP contribution in [0, 0.1) is 0 Å². The highest BCUT2D eigenvalue weighted by molar-refractivity contribution is 9.10. The van der Waals surface area contributed by atoms with Gasteiger partial charge in [-0.3, -0.25) is 0 Å². The largest absolute Gasteiger partial charge is 0.218 e. The summed E-state index contributed by atoms with van der Waals surface area (Å²) in [6.07, 6.45) is 3.07. The maximum atomic E-state index is 13.2. The average molecular weight is 517 g/mol. The van der Waals surface area contributed by atoms with Crippen LogP contribution in [-0.4, -0.2) is 19.3 Å². The predicted octanol–water partition coefficient (Wildman–Crippen LogP) is 6.65. The lowest BCUT2D eigenvalue weighted by molar-refractivity contribution is 0.361. The van der Waals surface area contributed by atoms with Crippen molar-refractivity contribution in [1.82, 2.24) is 4.31 Å². The van der Waals surface area contributed by atoms with Gasteiger partial charge in [0.1, 0.15) is 0 Å². The summed E-state index contributed by atoms with van der Waals surface area (Å²) in [5, 5.41) is 0.807. The zero-order valence-corrected chi connectivity index (χ0v) is 20.4. The zero-order chi connectivity index (χ0) is 21.0. The van der Waals surface area contributed by atoms with E-state index in [2.05, 4.69) is 41.9 Å². The molecule has 1 aliphatic heterocycles. The van der Waals surface area contributed by atoms with E-state index >= 15 is 0 Å². The van der Waals surface area contributed by atoms with E-state index in [9.17, 15) is 8.42 Å². The molecule has 2 aliphatic rings. The van der Waals surface area contributed by atoms with Crippen molar-refractivity contribution < 1.29 is 8.42 Å². The van der Waals surface area contributed by atoms with Gasteiger partial charge in [0.25, 0.3) is 0 Å². The van der Waals surface area contributed by atoms with Gasteiger partial charge in [-0.15, -0.1) is 0 Å². The summed E-state index contributed by atoms with van der Waals surface area (Å²) in [5.74, 6) is 0.342. The van der Waals surface area contributed by atoms with E-state index in [1.54, 1.807) is 22.5 Å². The van der Waals surface area contributed by atoms with Gasteiger partial charge in [-0.1, -0.05) is 65.1 Å². The monoisotopic (exact) mass is 515 g/mol. The first-order valence-corrected chi connectivity index (χ1v) is 13.0. The SMILES string of the molecule is CC1(C)CCC2CCN(S(=O)(=O)Cc3ccc(Cl)c(Cl)c3)Cc3ccc(Br)c1c32. The van der Waals surface area contributed by atoms with E-state index in [0.29, 0.717) is 34.6 Å². The molecular weight excluding hydrogens is 493 g/mol. The van der Waals surface area contributed by atoms with Gasteiger partial charge in [-0.25, -0.2) is 8.42 Å². The van der Waals surface area contributed by atoms with Crippen molar-refractivity contribution in [1.29, 1.82) is 0 Å². The number of hydrogen-bond acceptors (Lipinski definition) is 2. The van der Waals surface area contributed by atoms with E-state index in [0.717, 1.165) is 29.3 Å². The number of nitrogens with zero attached hydrogens (tertiary/aromatic N) is 1. The lowest BCUT2D eigenvalue weighted by Gasteiger charge is -2.38. The van der Waals surface area contributed by atoms with Gasteiger partial charge in [0, 0.05) is 17.6 Å². The third kappa shape index (κ3) is 4.14. The Kier molecular flexibility index (Phi) is 5.84. The summed E-state index contributed by atoms with van der Waals surface area (Å²) < 4.78 is 29.3. The normalized spacial score (nSPS) is 21.5. The molecule has 0 N–H and O–H groups in total. The smallest absolute Gasteiger partial charge is 0.212 e. The molecule has 1 unspecified atom stereocenters. The molecule has 3 nitrogen and oxygen atoms in total. The van der Waals surface area contributed by atoms with E-state index in [-0.39, 0.29) is 11.2 Å². The van der Waals surface area contributed by atoms with Crippen molar-refractivity contribution in [3.8, 4) is 0 Å². The quantitative estimate of drug-likeness (QED) is 0.458. The topological polar surface area (TPSA) is 37.4 Å². The Morgan fingerprint density at radius 3 is 2.62 bits per heavy atom. The lowest BCUT2D eigenvalue weighted by atomic mass is 9.67. The Hall–Kier alpha value is -0.590. The van der Waals surface area contributed by atoms with Crippen LogP contribution in [0.15, 0.2) is 34.8 Å². The summed E-state index contributed by atoms with van der Waals surface area (Å²) in [4.78, 5) is 0. The number of halogens is 3. The molecule has 0 saturated heterocycles. The minimum absolute atomic E-state index is 0.0707. The highest BCUT2D eigenvalue weighted by atomic mass is 79.9. The van der Waals surface area contributed by atoms with Crippen LogP contribution in [-0.2, 0) is 27.7 Å². The molecule has 29 heavy (non-hydrogen) atoms. The molecule has 0 fully saturated rings. The first-order valence-electron chi connectivity index (χ1n) is 9.82. The molecule has 0 saturated carbocycles. The third-order valence-electron chi connectivity index (χ3n) is 6.29. The Balaban J connectivity index is 1.68. The molecule has 4 rings (SSSR count). The summed E-state index contributed by atoms with van der Waals surface area (Å²) in [5.41, 5.74) is 4.60. The van der Waals surface area contributed by atoms with Crippen molar-refractivity contribution in [3.63, 3.8) is 0 Å². The van der Waals surface area contributed by atoms with Crippen LogP contribution in [0.1, 0.15) is 61.3 Å². The molecule has 0 radical (unpaired) electrons. The lowest BCUT2D eigenvalue weighted by Crippen LogP contribution is -2.32. The standard InChI is InChI=1S/C22H24BrCl2NO2S/c1-22(2)9-7-15-8-10-26(12-16-4-5-17(23)21(22)20(15)16)29(27,28)13-14-3-6-18(24)19(25)11-14/h3-6,11,15H,7-10,12-13H2,1-2H3. The predicted molar refractivity (Wildman–Crippen MR) is 123 cm³/mol. The van der Waals surface area contributed by atoms with Crippen LogP contribution >= 0.6 is 39.1 Å². The van der Waals surface area contributed by atoms with Gasteiger partial charge in [0.2, 0.25) is 10.0 Å². The second kappa shape index (κ2) is 7.83. The Morgan fingerprint density at radius 1 is 1.14 bits per heavy atom. The van der Waals surface area contributed by atoms with E-state index in [1.807, 2.05) is 0 Å². The zero-order valence-electron chi connectivity index (χ0n) is 16.5. The van der Waals surface area contributed by atoms with Crippen molar-refractivity contribution in [2.75, 3.05) is 6.54 Å². The highest BCUT2D eigenvalue weighted by Gasteiger charge is 2.39. The molecule has 2 aromatic carbocycles. The molecular formula is C22H24BrCl2NO2S. The van der Waals surface area contributed by atoms with Crippen LogP contribution in [0.3, 0.4) is 0 Å². The van der Waals surface area contributed by atoms with Crippen LogP contribution in [0.4, 0.5) is 0 Å². The number of rotatable bonds is 3. The first kappa shape index (κ1) is 21.6.